The van der Waals surface area contributed by atoms with Crippen LogP contribution in [0.2, 0.25) is 0 Å². The number of nitrogens with zero attached hydrogens (tertiary/aromatic N) is 1. The van der Waals surface area contributed by atoms with Gasteiger partial charge in [-0.2, -0.15) is 0 Å². The summed E-state index contributed by atoms with van der Waals surface area (Å²) in [4.78, 5) is 17.0. The van der Waals surface area contributed by atoms with Gasteiger partial charge in [0.1, 0.15) is 0 Å². The van der Waals surface area contributed by atoms with Crippen LogP contribution >= 0.6 is 22.7 Å². The molecule has 0 aromatic carbocycles. The predicted octanol–water partition coefficient (Wildman–Crippen LogP) is 2.41. The Morgan fingerprint density at radius 2 is 2.35 bits per heavy atom. The molecule has 0 radical (unpaired) electrons. The van der Waals surface area contributed by atoms with Crippen LogP contribution in [0.15, 0.2) is 22.9 Å². The molecule has 3 nitrogen and oxygen atoms in total. The van der Waals surface area contributed by atoms with Gasteiger partial charge >= 0.3 is 0 Å². The van der Waals surface area contributed by atoms with E-state index >= 15 is 0 Å². The normalized spacial score (nSPS) is 10.4. The molecule has 0 aliphatic heterocycles. The monoisotopic (exact) mass is 266 g/mol. The zero-order valence-electron chi connectivity index (χ0n) is 9.60. The molecule has 0 aliphatic rings. The summed E-state index contributed by atoms with van der Waals surface area (Å²) in [5.74, 6) is 0.0828. The van der Waals surface area contributed by atoms with Crippen LogP contribution in [0.25, 0.3) is 0 Å². The Balaban J connectivity index is 1.70. The highest BCUT2D eigenvalue weighted by atomic mass is 32.1. The summed E-state index contributed by atoms with van der Waals surface area (Å²) in [6.07, 6.45) is 1.29. The highest BCUT2D eigenvalue weighted by Gasteiger charge is 2.04. The molecule has 5 heteroatoms. The number of carbonyl (C=O) groups is 1. The highest BCUT2D eigenvalue weighted by molar-refractivity contribution is 7.10. The molecule has 2 heterocycles. The summed E-state index contributed by atoms with van der Waals surface area (Å²) < 4.78 is 0. The molecule has 1 amide bonds. The van der Waals surface area contributed by atoms with E-state index < -0.39 is 0 Å². The SMILES string of the molecule is Cc1nc(CCNC(=O)Cc2cccs2)cs1. The van der Waals surface area contributed by atoms with E-state index in [9.17, 15) is 4.79 Å². The van der Waals surface area contributed by atoms with E-state index in [0.29, 0.717) is 13.0 Å². The minimum Gasteiger partial charge on any atom is -0.355 e. The molecule has 90 valence electrons. The lowest BCUT2D eigenvalue weighted by atomic mass is 10.3. The highest BCUT2D eigenvalue weighted by Crippen LogP contribution is 2.09. The fourth-order valence-corrected chi connectivity index (χ4v) is 2.84. The van der Waals surface area contributed by atoms with Crippen LogP contribution in [0.3, 0.4) is 0 Å². The van der Waals surface area contributed by atoms with E-state index in [4.69, 9.17) is 0 Å². The lowest BCUT2D eigenvalue weighted by molar-refractivity contribution is -0.120. The van der Waals surface area contributed by atoms with Crippen LogP contribution in [-0.2, 0) is 17.6 Å². The summed E-state index contributed by atoms with van der Waals surface area (Å²) >= 11 is 3.26. The largest absolute Gasteiger partial charge is 0.355 e. The number of nitrogens with one attached hydrogen (secondary N) is 1. The van der Waals surface area contributed by atoms with Gasteiger partial charge in [-0.25, -0.2) is 4.98 Å². The maximum atomic E-state index is 11.6. The summed E-state index contributed by atoms with van der Waals surface area (Å²) in [5.41, 5.74) is 1.06. The minimum absolute atomic E-state index is 0.0828. The summed E-state index contributed by atoms with van der Waals surface area (Å²) in [6, 6.07) is 3.94. The van der Waals surface area contributed by atoms with Gasteiger partial charge < -0.3 is 5.32 Å². The smallest absolute Gasteiger partial charge is 0.225 e. The zero-order valence-corrected chi connectivity index (χ0v) is 11.2. The van der Waals surface area contributed by atoms with Crippen LogP contribution in [0.4, 0.5) is 0 Å². The molecular weight excluding hydrogens is 252 g/mol. The van der Waals surface area contributed by atoms with Gasteiger partial charge in [0, 0.05) is 23.2 Å². The van der Waals surface area contributed by atoms with Crippen LogP contribution in [-0.4, -0.2) is 17.4 Å². The number of hydrogen-bond donors (Lipinski definition) is 1. The van der Waals surface area contributed by atoms with Crippen molar-refractivity contribution >= 4 is 28.6 Å². The fourth-order valence-electron chi connectivity index (χ4n) is 1.49. The first-order chi connectivity index (χ1) is 8.24. The number of aromatic nitrogens is 1. The molecule has 0 unspecified atom stereocenters. The number of rotatable bonds is 5. The number of amides is 1. The molecule has 0 bridgehead atoms. The lowest BCUT2D eigenvalue weighted by Gasteiger charge is -2.02. The Bertz CT molecular complexity index is 476. The summed E-state index contributed by atoms with van der Waals surface area (Å²) in [5, 5.41) is 8.01. The van der Waals surface area contributed by atoms with Crippen molar-refractivity contribution in [1.29, 1.82) is 0 Å². The average molecular weight is 266 g/mol. The van der Waals surface area contributed by atoms with Crippen molar-refractivity contribution in [2.24, 2.45) is 0 Å². The van der Waals surface area contributed by atoms with E-state index in [0.717, 1.165) is 22.0 Å². The number of thiophene rings is 1. The van der Waals surface area contributed by atoms with Crippen molar-refractivity contribution in [3.8, 4) is 0 Å². The van der Waals surface area contributed by atoms with E-state index in [1.54, 1.807) is 22.7 Å². The average Bonchev–Trinajstić information content (AvgIpc) is 2.90. The van der Waals surface area contributed by atoms with Gasteiger partial charge in [-0.15, -0.1) is 22.7 Å². The van der Waals surface area contributed by atoms with E-state index in [1.165, 1.54) is 0 Å². The van der Waals surface area contributed by atoms with Crippen molar-refractivity contribution in [2.45, 2.75) is 19.8 Å². The molecule has 0 fully saturated rings. The van der Waals surface area contributed by atoms with Gasteiger partial charge in [-0.1, -0.05) is 6.07 Å². The maximum absolute atomic E-state index is 11.6. The number of hydrogen-bond acceptors (Lipinski definition) is 4. The second-order valence-electron chi connectivity index (χ2n) is 3.71. The lowest BCUT2D eigenvalue weighted by Crippen LogP contribution is -2.27. The molecular formula is C12H14N2OS2. The van der Waals surface area contributed by atoms with Crippen molar-refractivity contribution < 1.29 is 4.79 Å². The van der Waals surface area contributed by atoms with E-state index in [-0.39, 0.29) is 5.91 Å². The van der Waals surface area contributed by atoms with Crippen molar-refractivity contribution in [3.05, 3.63) is 38.5 Å². The first-order valence-corrected chi connectivity index (χ1v) is 7.20. The third-order valence-corrected chi connectivity index (χ3v) is 3.98. The van der Waals surface area contributed by atoms with Crippen LogP contribution < -0.4 is 5.32 Å². The van der Waals surface area contributed by atoms with Crippen molar-refractivity contribution in [2.75, 3.05) is 6.54 Å². The first-order valence-electron chi connectivity index (χ1n) is 5.44. The Morgan fingerprint density at radius 3 is 3.00 bits per heavy atom. The summed E-state index contributed by atoms with van der Waals surface area (Å²) in [7, 11) is 0. The first kappa shape index (κ1) is 12.3. The van der Waals surface area contributed by atoms with Gasteiger partial charge in [-0.3, -0.25) is 4.79 Å². The topological polar surface area (TPSA) is 42.0 Å². The van der Waals surface area contributed by atoms with E-state index in [1.807, 2.05) is 29.8 Å². The Labute approximate surface area is 109 Å². The third-order valence-electron chi connectivity index (χ3n) is 2.28. The Kier molecular flexibility index (Phi) is 4.28. The molecule has 2 aromatic heterocycles. The standard InChI is InChI=1S/C12H14N2OS2/c1-9-14-10(8-17-9)4-5-13-12(15)7-11-3-2-6-16-11/h2-3,6,8H,4-5,7H2,1H3,(H,13,15). The van der Waals surface area contributed by atoms with Crippen LogP contribution in [0.5, 0.6) is 0 Å². The third kappa shape index (κ3) is 3.94. The molecule has 2 rings (SSSR count). The second kappa shape index (κ2) is 5.93. The minimum atomic E-state index is 0.0828. The Morgan fingerprint density at radius 1 is 1.47 bits per heavy atom. The van der Waals surface area contributed by atoms with Crippen molar-refractivity contribution in [1.82, 2.24) is 10.3 Å². The quantitative estimate of drug-likeness (QED) is 0.903. The van der Waals surface area contributed by atoms with E-state index in [2.05, 4.69) is 10.3 Å². The second-order valence-corrected chi connectivity index (χ2v) is 5.81. The summed E-state index contributed by atoms with van der Waals surface area (Å²) in [6.45, 7) is 2.65. The molecule has 0 spiro atoms. The van der Waals surface area contributed by atoms with Gasteiger partial charge in [-0.05, 0) is 18.4 Å². The van der Waals surface area contributed by atoms with Gasteiger partial charge in [0.25, 0.3) is 0 Å². The molecule has 0 aliphatic carbocycles. The van der Waals surface area contributed by atoms with Gasteiger partial charge in [0.05, 0.1) is 17.1 Å². The molecule has 2 aromatic rings. The number of aryl methyl sites for hydroxylation is 1. The van der Waals surface area contributed by atoms with Gasteiger partial charge in [0.15, 0.2) is 0 Å². The Hall–Kier alpha value is -1.20. The number of carbonyl (C=O) groups excluding carboxylic acids is 1. The molecule has 0 saturated carbocycles. The molecule has 17 heavy (non-hydrogen) atoms. The van der Waals surface area contributed by atoms with Gasteiger partial charge in [0.2, 0.25) is 5.91 Å². The molecule has 1 N–H and O–H groups in total. The van der Waals surface area contributed by atoms with Crippen LogP contribution in [0, 0.1) is 6.92 Å². The predicted molar refractivity (Wildman–Crippen MR) is 71.6 cm³/mol. The molecule has 0 saturated heterocycles. The van der Waals surface area contributed by atoms with Crippen LogP contribution in [0.1, 0.15) is 15.6 Å². The van der Waals surface area contributed by atoms with Crippen molar-refractivity contribution in [3.63, 3.8) is 0 Å². The molecule has 0 atom stereocenters. The fraction of sp³-hybridized carbons (Fsp3) is 0.333. The zero-order chi connectivity index (χ0) is 12.1. The maximum Gasteiger partial charge on any atom is 0.225 e. The number of thiazole rings is 1.